The van der Waals surface area contributed by atoms with E-state index in [1.54, 1.807) is 0 Å². The average molecular weight is 274 g/mol. The molecule has 1 aromatic carbocycles. The molecule has 0 aromatic heterocycles. The number of benzene rings is 1. The first-order chi connectivity index (χ1) is 9.61. The molecule has 4 heteroatoms. The van der Waals surface area contributed by atoms with E-state index in [1.165, 1.54) is 5.56 Å². The molecule has 0 bridgehead atoms. The molecule has 2 rings (SSSR count). The smallest absolute Gasteiger partial charge is 0.237 e. The van der Waals surface area contributed by atoms with Gasteiger partial charge in [0.15, 0.2) is 5.78 Å². The quantitative estimate of drug-likeness (QED) is 0.830. The van der Waals surface area contributed by atoms with Crippen molar-refractivity contribution < 1.29 is 9.59 Å². The number of nitrogens with zero attached hydrogens (tertiary/aromatic N) is 1. The Labute approximate surface area is 120 Å². The zero-order chi connectivity index (χ0) is 14.5. The van der Waals surface area contributed by atoms with Crippen molar-refractivity contribution in [3.63, 3.8) is 0 Å². The van der Waals surface area contributed by atoms with Crippen LogP contribution >= 0.6 is 0 Å². The molecule has 1 N–H and O–H groups in total. The summed E-state index contributed by atoms with van der Waals surface area (Å²) in [6, 6.07) is 7.59. The third-order valence-corrected chi connectivity index (χ3v) is 3.79. The molecule has 1 unspecified atom stereocenters. The molecule has 20 heavy (non-hydrogen) atoms. The van der Waals surface area contributed by atoms with E-state index in [9.17, 15) is 9.59 Å². The molecule has 1 atom stereocenters. The van der Waals surface area contributed by atoms with Crippen LogP contribution in [0.3, 0.4) is 0 Å². The molecule has 0 aliphatic carbocycles. The standard InChI is InChI=1S/C16H22N2O2/c1-3-4-13-5-7-14(8-6-13)15(19)11-18-10-9-17-16(20)12(18)2/h5-8,12H,3-4,9-11H2,1-2H3,(H,17,20). The Morgan fingerprint density at radius 2 is 2.05 bits per heavy atom. The second-order valence-electron chi connectivity index (χ2n) is 5.31. The summed E-state index contributed by atoms with van der Waals surface area (Å²) >= 11 is 0. The van der Waals surface area contributed by atoms with Crippen molar-refractivity contribution in [3.8, 4) is 0 Å². The van der Waals surface area contributed by atoms with E-state index >= 15 is 0 Å². The van der Waals surface area contributed by atoms with Crippen LogP contribution in [0.2, 0.25) is 0 Å². The monoisotopic (exact) mass is 274 g/mol. The molecule has 1 fully saturated rings. The lowest BCUT2D eigenvalue weighted by Gasteiger charge is -2.32. The van der Waals surface area contributed by atoms with Gasteiger partial charge in [-0.1, -0.05) is 37.6 Å². The second kappa shape index (κ2) is 6.66. The molecule has 1 aliphatic rings. The minimum Gasteiger partial charge on any atom is -0.353 e. The maximum atomic E-state index is 12.3. The zero-order valence-corrected chi connectivity index (χ0v) is 12.2. The van der Waals surface area contributed by atoms with Crippen LogP contribution in [0, 0.1) is 0 Å². The van der Waals surface area contributed by atoms with Crippen LogP contribution in [0.15, 0.2) is 24.3 Å². The van der Waals surface area contributed by atoms with Gasteiger partial charge in [-0.3, -0.25) is 14.5 Å². The van der Waals surface area contributed by atoms with Gasteiger partial charge in [-0.05, 0) is 18.9 Å². The highest BCUT2D eigenvalue weighted by Crippen LogP contribution is 2.10. The van der Waals surface area contributed by atoms with E-state index in [-0.39, 0.29) is 17.7 Å². The summed E-state index contributed by atoms with van der Waals surface area (Å²) in [5.41, 5.74) is 1.98. The number of carbonyl (C=O) groups is 2. The first kappa shape index (κ1) is 14.7. The third kappa shape index (κ3) is 3.45. The van der Waals surface area contributed by atoms with E-state index < -0.39 is 0 Å². The molecule has 1 amide bonds. The molecule has 1 saturated heterocycles. The SMILES string of the molecule is CCCc1ccc(C(=O)CN2CCNC(=O)C2C)cc1. The van der Waals surface area contributed by atoms with Gasteiger partial charge in [-0.25, -0.2) is 0 Å². The van der Waals surface area contributed by atoms with Crippen molar-refractivity contribution in [2.75, 3.05) is 19.6 Å². The fourth-order valence-electron chi connectivity index (χ4n) is 2.47. The van der Waals surface area contributed by atoms with Crippen LogP contribution in [-0.2, 0) is 11.2 Å². The molecule has 1 aliphatic heterocycles. The largest absolute Gasteiger partial charge is 0.353 e. The maximum Gasteiger partial charge on any atom is 0.237 e. The lowest BCUT2D eigenvalue weighted by atomic mass is 10.0. The zero-order valence-electron chi connectivity index (χ0n) is 12.2. The number of amides is 1. The van der Waals surface area contributed by atoms with Crippen molar-refractivity contribution in [2.24, 2.45) is 0 Å². The van der Waals surface area contributed by atoms with Crippen LogP contribution in [0.1, 0.15) is 36.2 Å². The van der Waals surface area contributed by atoms with Gasteiger partial charge in [0.1, 0.15) is 0 Å². The second-order valence-corrected chi connectivity index (χ2v) is 5.31. The first-order valence-electron chi connectivity index (χ1n) is 7.25. The number of hydrogen-bond acceptors (Lipinski definition) is 3. The lowest BCUT2D eigenvalue weighted by Crippen LogP contribution is -2.55. The van der Waals surface area contributed by atoms with E-state index in [0.717, 1.165) is 24.9 Å². The number of nitrogens with one attached hydrogen (secondary N) is 1. The molecule has 0 spiro atoms. The summed E-state index contributed by atoms with van der Waals surface area (Å²) in [6.45, 7) is 5.63. The Balaban J connectivity index is 1.98. The molecule has 1 aromatic rings. The molecular weight excluding hydrogens is 252 g/mol. The Hall–Kier alpha value is -1.68. The molecule has 4 nitrogen and oxygen atoms in total. The van der Waals surface area contributed by atoms with Crippen LogP contribution in [0.25, 0.3) is 0 Å². The minimum atomic E-state index is -0.230. The van der Waals surface area contributed by atoms with Gasteiger partial charge >= 0.3 is 0 Å². The Morgan fingerprint density at radius 3 is 2.70 bits per heavy atom. The van der Waals surface area contributed by atoms with Gasteiger partial charge in [-0.2, -0.15) is 0 Å². The number of piperazine rings is 1. The molecule has 1 heterocycles. The highest BCUT2D eigenvalue weighted by Gasteiger charge is 2.26. The molecule has 0 radical (unpaired) electrons. The lowest BCUT2D eigenvalue weighted by molar-refractivity contribution is -0.127. The normalized spacial score (nSPS) is 19.7. The molecule has 108 valence electrons. The highest BCUT2D eigenvalue weighted by atomic mass is 16.2. The Bertz CT molecular complexity index is 482. The highest BCUT2D eigenvalue weighted by molar-refractivity contribution is 5.98. The minimum absolute atomic E-state index is 0.00217. The predicted molar refractivity (Wildman–Crippen MR) is 78.8 cm³/mol. The Morgan fingerprint density at radius 1 is 1.35 bits per heavy atom. The summed E-state index contributed by atoms with van der Waals surface area (Å²) in [4.78, 5) is 25.8. The van der Waals surface area contributed by atoms with Crippen molar-refractivity contribution >= 4 is 11.7 Å². The van der Waals surface area contributed by atoms with Gasteiger partial charge in [0.2, 0.25) is 5.91 Å². The van der Waals surface area contributed by atoms with Crippen molar-refractivity contribution in [1.82, 2.24) is 10.2 Å². The number of aryl methyl sites for hydroxylation is 1. The topological polar surface area (TPSA) is 49.4 Å². The maximum absolute atomic E-state index is 12.3. The fraction of sp³-hybridized carbons (Fsp3) is 0.500. The molecular formula is C16H22N2O2. The third-order valence-electron chi connectivity index (χ3n) is 3.79. The number of hydrogen-bond donors (Lipinski definition) is 1. The van der Waals surface area contributed by atoms with Crippen molar-refractivity contribution in [1.29, 1.82) is 0 Å². The number of ketones is 1. The first-order valence-corrected chi connectivity index (χ1v) is 7.25. The van der Waals surface area contributed by atoms with Gasteiger partial charge in [0.25, 0.3) is 0 Å². The average Bonchev–Trinajstić information content (AvgIpc) is 2.45. The summed E-state index contributed by atoms with van der Waals surface area (Å²) in [7, 11) is 0. The summed E-state index contributed by atoms with van der Waals surface area (Å²) in [6.07, 6.45) is 2.14. The summed E-state index contributed by atoms with van der Waals surface area (Å²) in [5, 5.41) is 2.80. The van der Waals surface area contributed by atoms with E-state index in [4.69, 9.17) is 0 Å². The van der Waals surface area contributed by atoms with Gasteiger partial charge in [0.05, 0.1) is 12.6 Å². The van der Waals surface area contributed by atoms with Gasteiger partial charge in [0, 0.05) is 18.7 Å². The fourth-order valence-corrected chi connectivity index (χ4v) is 2.47. The summed E-state index contributed by atoms with van der Waals surface area (Å²) < 4.78 is 0. The number of carbonyl (C=O) groups excluding carboxylic acids is 2. The number of rotatable bonds is 5. The van der Waals surface area contributed by atoms with Gasteiger partial charge in [-0.15, -0.1) is 0 Å². The van der Waals surface area contributed by atoms with Gasteiger partial charge < -0.3 is 5.32 Å². The van der Waals surface area contributed by atoms with Crippen LogP contribution < -0.4 is 5.32 Å². The number of Topliss-reactive ketones (excluding diaryl/α,β-unsaturated/α-hetero) is 1. The van der Waals surface area contributed by atoms with E-state index in [1.807, 2.05) is 36.1 Å². The summed E-state index contributed by atoms with van der Waals surface area (Å²) in [5.74, 6) is 0.0805. The van der Waals surface area contributed by atoms with Crippen LogP contribution in [0.5, 0.6) is 0 Å². The van der Waals surface area contributed by atoms with E-state index in [2.05, 4.69) is 12.2 Å². The molecule has 0 saturated carbocycles. The van der Waals surface area contributed by atoms with Crippen LogP contribution in [0.4, 0.5) is 0 Å². The van der Waals surface area contributed by atoms with E-state index in [0.29, 0.717) is 13.1 Å². The predicted octanol–water partition coefficient (Wildman–Crippen LogP) is 1.64. The van der Waals surface area contributed by atoms with Crippen molar-refractivity contribution in [2.45, 2.75) is 32.7 Å². The van der Waals surface area contributed by atoms with Crippen molar-refractivity contribution in [3.05, 3.63) is 35.4 Å². The Kier molecular flexibility index (Phi) is 4.90. The van der Waals surface area contributed by atoms with Crippen LogP contribution in [-0.4, -0.2) is 42.3 Å².